The van der Waals surface area contributed by atoms with Gasteiger partial charge in [-0.2, -0.15) is 0 Å². The molecule has 0 aliphatic carbocycles. The average molecular weight is 277 g/mol. The van der Waals surface area contributed by atoms with Crippen molar-refractivity contribution in [1.82, 2.24) is 19.7 Å². The van der Waals surface area contributed by atoms with E-state index < -0.39 is 0 Å². The normalized spacial score (nSPS) is 11.0. The molecule has 18 heavy (non-hydrogen) atoms. The van der Waals surface area contributed by atoms with Gasteiger partial charge >= 0.3 is 0 Å². The molecule has 2 heterocycles. The van der Waals surface area contributed by atoms with Gasteiger partial charge < -0.3 is 0 Å². The summed E-state index contributed by atoms with van der Waals surface area (Å²) >= 11 is 7.57. The van der Waals surface area contributed by atoms with E-state index in [0.29, 0.717) is 16.0 Å². The Morgan fingerprint density at radius 3 is 2.67 bits per heavy atom. The number of fused-ring (bicyclic) bond motifs is 1. The van der Waals surface area contributed by atoms with Crippen LogP contribution in [0.3, 0.4) is 0 Å². The van der Waals surface area contributed by atoms with E-state index in [0.717, 1.165) is 11.1 Å². The number of hydrogen-bond acceptors (Lipinski definition) is 4. The van der Waals surface area contributed by atoms with Crippen LogP contribution in [0.25, 0.3) is 16.7 Å². The lowest BCUT2D eigenvalue weighted by atomic mass is 10.3. The molecule has 3 rings (SSSR count). The van der Waals surface area contributed by atoms with Crippen molar-refractivity contribution in [3.05, 3.63) is 41.7 Å². The van der Waals surface area contributed by atoms with Gasteiger partial charge in [-0.1, -0.05) is 41.6 Å². The van der Waals surface area contributed by atoms with Gasteiger partial charge in [0.2, 0.25) is 0 Å². The molecule has 0 aliphatic heterocycles. The quantitative estimate of drug-likeness (QED) is 0.410. The van der Waals surface area contributed by atoms with Crippen LogP contribution in [0.15, 0.2) is 41.7 Å². The van der Waals surface area contributed by atoms with Gasteiger partial charge in [0, 0.05) is 6.20 Å². The number of benzene rings is 1. The zero-order chi connectivity index (χ0) is 12.5. The van der Waals surface area contributed by atoms with E-state index in [1.54, 1.807) is 4.68 Å². The number of thioether (sulfide) groups is 1. The second kappa shape index (κ2) is 4.59. The second-order valence-corrected chi connectivity index (χ2v) is 4.78. The Labute approximate surface area is 113 Å². The fourth-order valence-corrected chi connectivity index (χ4v) is 2.28. The Kier molecular flexibility index (Phi) is 2.93. The van der Waals surface area contributed by atoms with E-state index in [4.69, 9.17) is 11.6 Å². The van der Waals surface area contributed by atoms with Gasteiger partial charge in [0.05, 0.1) is 11.1 Å². The minimum absolute atomic E-state index is 0.437. The molecule has 0 bridgehead atoms. The molecule has 0 saturated carbocycles. The van der Waals surface area contributed by atoms with Crippen molar-refractivity contribution < 1.29 is 0 Å². The van der Waals surface area contributed by atoms with Crippen molar-refractivity contribution >= 4 is 34.4 Å². The molecule has 6 heteroatoms. The Bertz CT molecular complexity index is 696. The monoisotopic (exact) mass is 276 g/mol. The molecule has 0 N–H and O–H groups in total. The highest BCUT2D eigenvalue weighted by Gasteiger charge is 2.10. The van der Waals surface area contributed by atoms with Gasteiger partial charge in [-0.3, -0.25) is 0 Å². The van der Waals surface area contributed by atoms with Crippen LogP contribution < -0.4 is 0 Å². The standard InChI is InChI=1S/C12H9ClN4S/c1-18-12-14-10(13)9-7-17(16-11(9)15-12)8-5-3-2-4-6-8/h2-7H,1H3. The van der Waals surface area contributed by atoms with Crippen LogP contribution in [0, 0.1) is 0 Å². The predicted molar refractivity (Wildman–Crippen MR) is 73.5 cm³/mol. The molecule has 1 aromatic carbocycles. The maximum Gasteiger partial charge on any atom is 0.190 e. The van der Waals surface area contributed by atoms with E-state index >= 15 is 0 Å². The fraction of sp³-hybridized carbons (Fsp3) is 0.0833. The first-order valence-corrected chi connectivity index (χ1v) is 6.90. The molecule has 90 valence electrons. The van der Waals surface area contributed by atoms with E-state index in [9.17, 15) is 0 Å². The highest BCUT2D eigenvalue weighted by molar-refractivity contribution is 7.98. The Hall–Kier alpha value is -1.59. The third kappa shape index (κ3) is 1.95. The Balaban J connectivity index is 2.20. The first kappa shape index (κ1) is 11.5. The van der Waals surface area contributed by atoms with Crippen LogP contribution in [0.1, 0.15) is 0 Å². The van der Waals surface area contributed by atoms with Crippen molar-refractivity contribution in [2.45, 2.75) is 5.16 Å². The fourth-order valence-electron chi connectivity index (χ4n) is 1.66. The number of para-hydroxylation sites is 1. The summed E-state index contributed by atoms with van der Waals surface area (Å²) in [7, 11) is 0. The zero-order valence-electron chi connectivity index (χ0n) is 9.54. The summed E-state index contributed by atoms with van der Waals surface area (Å²) in [5.74, 6) is 0. The van der Waals surface area contributed by atoms with Gasteiger partial charge in [0.1, 0.15) is 5.15 Å². The third-order valence-electron chi connectivity index (χ3n) is 2.52. The maximum absolute atomic E-state index is 6.12. The summed E-state index contributed by atoms with van der Waals surface area (Å²) < 4.78 is 1.76. The molecule has 4 nitrogen and oxygen atoms in total. The van der Waals surface area contributed by atoms with Gasteiger partial charge in [0.25, 0.3) is 0 Å². The van der Waals surface area contributed by atoms with Gasteiger partial charge in [-0.05, 0) is 18.4 Å². The third-order valence-corrected chi connectivity index (χ3v) is 3.35. The minimum Gasteiger partial charge on any atom is -0.238 e. The average Bonchev–Trinajstić information content (AvgIpc) is 2.84. The molecular formula is C12H9ClN4S. The van der Waals surface area contributed by atoms with Gasteiger partial charge in [-0.15, -0.1) is 5.10 Å². The number of aromatic nitrogens is 4. The largest absolute Gasteiger partial charge is 0.238 e. The van der Waals surface area contributed by atoms with Crippen LogP contribution in [0.2, 0.25) is 5.15 Å². The molecular weight excluding hydrogens is 268 g/mol. The molecule has 0 radical (unpaired) electrons. The lowest BCUT2D eigenvalue weighted by Crippen LogP contribution is -1.93. The summed E-state index contributed by atoms with van der Waals surface area (Å²) in [6, 6.07) is 9.83. The lowest BCUT2D eigenvalue weighted by Gasteiger charge is -1.97. The van der Waals surface area contributed by atoms with E-state index in [1.807, 2.05) is 42.8 Å². The van der Waals surface area contributed by atoms with Crippen molar-refractivity contribution in [1.29, 1.82) is 0 Å². The summed E-state index contributed by atoms with van der Waals surface area (Å²) in [6.07, 6.45) is 3.75. The van der Waals surface area contributed by atoms with Crippen molar-refractivity contribution in [2.24, 2.45) is 0 Å². The zero-order valence-corrected chi connectivity index (χ0v) is 11.1. The summed E-state index contributed by atoms with van der Waals surface area (Å²) in [6.45, 7) is 0. The minimum atomic E-state index is 0.437. The molecule has 0 spiro atoms. The summed E-state index contributed by atoms with van der Waals surface area (Å²) in [4.78, 5) is 8.53. The molecule has 0 unspecified atom stereocenters. The van der Waals surface area contributed by atoms with E-state index in [2.05, 4.69) is 15.1 Å². The number of rotatable bonds is 2. The highest BCUT2D eigenvalue weighted by atomic mass is 35.5. The number of halogens is 1. The van der Waals surface area contributed by atoms with Crippen LogP contribution in [0.5, 0.6) is 0 Å². The summed E-state index contributed by atoms with van der Waals surface area (Å²) in [5.41, 5.74) is 1.58. The molecule has 0 saturated heterocycles. The van der Waals surface area contributed by atoms with Crippen LogP contribution >= 0.6 is 23.4 Å². The van der Waals surface area contributed by atoms with Crippen molar-refractivity contribution in [3.8, 4) is 5.69 Å². The number of nitrogens with zero attached hydrogens (tertiary/aromatic N) is 4. The first-order valence-electron chi connectivity index (χ1n) is 5.30. The highest BCUT2D eigenvalue weighted by Crippen LogP contribution is 2.23. The Morgan fingerprint density at radius 2 is 1.94 bits per heavy atom. The number of hydrogen-bond donors (Lipinski definition) is 0. The summed E-state index contributed by atoms with van der Waals surface area (Å²) in [5, 5.41) is 6.25. The van der Waals surface area contributed by atoms with E-state index in [1.165, 1.54) is 11.8 Å². The molecule has 0 aliphatic rings. The first-order chi connectivity index (χ1) is 8.78. The molecule has 3 aromatic rings. The lowest BCUT2D eigenvalue weighted by molar-refractivity contribution is 0.881. The molecule has 2 aromatic heterocycles. The maximum atomic E-state index is 6.12. The van der Waals surface area contributed by atoms with Gasteiger partial charge in [-0.25, -0.2) is 14.6 Å². The topological polar surface area (TPSA) is 43.6 Å². The van der Waals surface area contributed by atoms with Crippen LogP contribution in [-0.2, 0) is 0 Å². The smallest absolute Gasteiger partial charge is 0.190 e. The van der Waals surface area contributed by atoms with Crippen molar-refractivity contribution in [2.75, 3.05) is 6.26 Å². The predicted octanol–water partition coefficient (Wildman–Crippen LogP) is 3.19. The molecule has 0 atom stereocenters. The SMILES string of the molecule is CSc1nc(Cl)c2cn(-c3ccccc3)nc2n1. The second-order valence-electron chi connectivity index (χ2n) is 3.65. The van der Waals surface area contributed by atoms with Crippen LogP contribution in [-0.4, -0.2) is 26.0 Å². The van der Waals surface area contributed by atoms with E-state index in [-0.39, 0.29) is 0 Å². The van der Waals surface area contributed by atoms with Gasteiger partial charge in [0.15, 0.2) is 10.8 Å². The molecule has 0 amide bonds. The van der Waals surface area contributed by atoms with Crippen molar-refractivity contribution in [3.63, 3.8) is 0 Å². The van der Waals surface area contributed by atoms with Crippen LogP contribution in [0.4, 0.5) is 0 Å². The molecule has 0 fully saturated rings. The Morgan fingerprint density at radius 1 is 1.17 bits per heavy atom.